The molecule has 0 saturated heterocycles. The summed E-state index contributed by atoms with van der Waals surface area (Å²) >= 11 is 0. The van der Waals surface area contributed by atoms with E-state index in [9.17, 15) is 14.4 Å². The van der Waals surface area contributed by atoms with Crippen molar-refractivity contribution in [3.05, 3.63) is 48.6 Å². The molecule has 3 unspecified atom stereocenters. The number of nitrogens with zero attached hydrogens (tertiary/aromatic N) is 1. The zero-order valence-corrected chi connectivity index (χ0v) is 32.2. The summed E-state index contributed by atoms with van der Waals surface area (Å²) < 4.78 is 17.2. The van der Waals surface area contributed by atoms with Crippen LogP contribution in [0.25, 0.3) is 0 Å². The van der Waals surface area contributed by atoms with Crippen LogP contribution >= 0.6 is 0 Å². The topological polar surface area (TPSA) is 82.1 Å². The molecule has 7 heteroatoms. The predicted molar refractivity (Wildman–Crippen MR) is 207 cm³/mol. The monoisotopic (exact) mass is 700 g/mol. The Bertz CT molecular complexity index is 955. The van der Waals surface area contributed by atoms with Gasteiger partial charge in [0.1, 0.15) is 24.6 Å². The summed E-state index contributed by atoms with van der Waals surface area (Å²) in [5.41, 5.74) is 0. The Morgan fingerprint density at radius 1 is 0.760 bits per heavy atom. The number of esters is 2. The Labute approximate surface area is 306 Å². The first kappa shape index (κ1) is 45.5. The first-order valence-corrected chi connectivity index (χ1v) is 20.1. The van der Waals surface area contributed by atoms with Crippen LogP contribution in [0.4, 0.5) is 0 Å². The Morgan fingerprint density at radius 3 is 1.88 bits per heavy atom. The zero-order valence-electron chi connectivity index (χ0n) is 32.2. The minimum absolute atomic E-state index is 0.0297. The van der Waals surface area contributed by atoms with E-state index in [-0.39, 0.29) is 24.1 Å². The number of aldehydes is 1. The Morgan fingerprint density at radius 2 is 1.30 bits per heavy atom. The Hall–Kier alpha value is -2.51. The lowest BCUT2D eigenvalue weighted by atomic mass is 10.0. The van der Waals surface area contributed by atoms with Crippen molar-refractivity contribution >= 4 is 18.2 Å². The average Bonchev–Trinajstić information content (AvgIpc) is 3.08. The highest BCUT2D eigenvalue weighted by atomic mass is 16.5. The quantitative estimate of drug-likeness (QED) is 0.155. The summed E-state index contributed by atoms with van der Waals surface area (Å²) in [5.74, 6) is -0.230. The van der Waals surface area contributed by atoms with Crippen LogP contribution in [0.2, 0.25) is 0 Å². The number of hydrogen-bond donors (Lipinski definition) is 0. The third-order valence-corrected chi connectivity index (χ3v) is 9.01. The van der Waals surface area contributed by atoms with Crippen molar-refractivity contribution in [2.75, 3.05) is 27.2 Å². The number of carbonyl (C=O) groups excluding carboxylic acids is 3. The number of cyclic esters (lactones) is 1. The molecule has 0 bridgehead atoms. The van der Waals surface area contributed by atoms with Crippen molar-refractivity contribution in [1.82, 2.24) is 4.90 Å². The second kappa shape index (κ2) is 33.6. The van der Waals surface area contributed by atoms with E-state index in [1.807, 2.05) is 33.2 Å². The van der Waals surface area contributed by atoms with Crippen LogP contribution in [0, 0.1) is 0 Å². The highest BCUT2D eigenvalue weighted by molar-refractivity contribution is 5.70. The minimum atomic E-state index is -0.474. The van der Waals surface area contributed by atoms with E-state index in [1.54, 1.807) is 0 Å². The van der Waals surface area contributed by atoms with E-state index in [4.69, 9.17) is 14.2 Å². The smallest absolute Gasteiger partial charge is 0.306 e. The maximum atomic E-state index is 12.5. The van der Waals surface area contributed by atoms with Crippen LogP contribution in [-0.4, -0.2) is 68.7 Å². The van der Waals surface area contributed by atoms with Gasteiger partial charge in [-0.3, -0.25) is 9.59 Å². The van der Waals surface area contributed by atoms with Gasteiger partial charge in [-0.2, -0.15) is 0 Å². The van der Waals surface area contributed by atoms with Crippen molar-refractivity contribution in [2.24, 2.45) is 0 Å². The number of rotatable bonds is 6. The first-order valence-electron chi connectivity index (χ1n) is 20.1. The number of allylic oxidation sites excluding steroid dienone is 7. The molecule has 0 spiro atoms. The van der Waals surface area contributed by atoms with E-state index < -0.39 is 6.10 Å². The van der Waals surface area contributed by atoms with E-state index in [2.05, 4.69) is 41.4 Å². The molecule has 0 N–H and O–H groups in total. The molecule has 0 amide bonds. The molecule has 1 aliphatic rings. The maximum absolute atomic E-state index is 12.5. The fourth-order valence-electron chi connectivity index (χ4n) is 5.95. The molecule has 286 valence electrons. The lowest BCUT2D eigenvalue weighted by Crippen LogP contribution is -2.20. The Balaban J connectivity index is 2.53. The molecule has 0 aromatic rings. The minimum Gasteiger partial charge on any atom is -0.463 e. The molecule has 3 atom stereocenters. The van der Waals surface area contributed by atoms with Gasteiger partial charge in [0.05, 0.1) is 6.61 Å². The molecule has 0 fully saturated rings. The molecule has 1 heterocycles. The second-order valence-electron chi connectivity index (χ2n) is 14.2. The third-order valence-electron chi connectivity index (χ3n) is 9.01. The molecule has 0 radical (unpaired) electrons. The molecule has 50 heavy (non-hydrogen) atoms. The van der Waals surface area contributed by atoms with Crippen LogP contribution < -0.4 is 0 Å². The van der Waals surface area contributed by atoms with E-state index in [0.717, 1.165) is 70.6 Å². The number of hydrogen-bond acceptors (Lipinski definition) is 7. The van der Waals surface area contributed by atoms with E-state index >= 15 is 0 Å². The normalized spacial score (nSPS) is 23.8. The summed E-state index contributed by atoms with van der Waals surface area (Å²) in [6.07, 6.45) is 41.4. The lowest BCUT2D eigenvalue weighted by molar-refractivity contribution is -0.150. The highest BCUT2D eigenvalue weighted by Gasteiger charge is 2.15. The molecular formula is C43H73NO6. The van der Waals surface area contributed by atoms with E-state index in [1.165, 1.54) is 64.2 Å². The highest BCUT2D eigenvalue weighted by Crippen LogP contribution is 2.18. The molecule has 7 nitrogen and oxygen atoms in total. The Kier molecular flexibility index (Phi) is 30.6. The fourth-order valence-corrected chi connectivity index (χ4v) is 5.95. The first-order chi connectivity index (χ1) is 24.4. The SMILES string of the molecule is CC1CCOC(C=O)CC=CCC=CCCCCCCCCC(OC(=O)CCCN(C)C)CCCCCCCCC=CCC=CCCC(=O)O1. The molecule has 0 aromatic carbocycles. The van der Waals surface area contributed by atoms with Gasteiger partial charge in [0, 0.05) is 19.3 Å². The van der Waals surface area contributed by atoms with Gasteiger partial charge in [0.25, 0.3) is 0 Å². The summed E-state index contributed by atoms with van der Waals surface area (Å²) in [6.45, 7) is 3.16. The van der Waals surface area contributed by atoms with Gasteiger partial charge in [0.15, 0.2) is 0 Å². The van der Waals surface area contributed by atoms with Crippen LogP contribution in [0.15, 0.2) is 48.6 Å². The molecular weight excluding hydrogens is 626 g/mol. The van der Waals surface area contributed by atoms with Crippen LogP contribution in [-0.2, 0) is 28.6 Å². The van der Waals surface area contributed by atoms with Gasteiger partial charge in [-0.25, -0.2) is 0 Å². The van der Waals surface area contributed by atoms with Gasteiger partial charge < -0.3 is 23.9 Å². The molecule has 0 saturated carbocycles. The van der Waals surface area contributed by atoms with Crippen molar-refractivity contribution < 1.29 is 28.6 Å². The molecule has 1 rings (SSSR count). The molecule has 1 aliphatic heterocycles. The van der Waals surface area contributed by atoms with E-state index in [0.29, 0.717) is 38.7 Å². The van der Waals surface area contributed by atoms with Crippen molar-refractivity contribution in [3.63, 3.8) is 0 Å². The summed E-state index contributed by atoms with van der Waals surface area (Å²) in [4.78, 5) is 38.3. The summed E-state index contributed by atoms with van der Waals surface area (Å²) in [6, 6.07) is 0. The largest absolute Gasteiger partial charge is 0.463 e. The standard InChI is InChI=1S/C43H73NO6/c1-39-35-37-48-41(38-45)32-27-23-19-15-11-8-7-10-14-18-22-26-31-40(50-43(47)34-29-36-44(2)3)30-25-21-17-13-9-5-4-6-12-16-20-24-28-33-42(46)49-39/h6,11-12,15,20,23-24,27,38-41H,4-5,7-10,13-14,16-19,21-22,25-26,28-37H2,1-3H3. The van der Waals surface area contributed by atoms with Crippen molar-refractivity contribution in [1.29, 1.82) is 0 Å². The summed E-state index contributed by atoms with van der Waals surface area (Å²) in [7, 11) is 4.08. The van der Waals surface area contributed by atoms with Crippen molar-refractivity contribution in [2.45, 2.75) is 179 Å². The van der Waals surface area contributed by atoms with Crippen molar-refractivity contribution in [3.8, 4) is 0 Å². The number of carbonyl (C=O) groups is 3. The van der Waals surface area contributed by atoms with Gasteiger partial charge >= 0.3 is 11.9 Å². The van der Waals surface area contributed by atoms with Crippen LogP contribution in [0.5, 0.6) is 0 Å². The summed E-state index contributed by atoms with van der Waals surface area (Å²) in [5, 5.41) is 0. The molecule has 0 aromatic heterocycles. The number of ether oxygens (including phenoxy) is 3. The second-order valence-corrected chi connectivity index (χ2v) is 14.2. The van der Waals surface area contributed by atoms with Crippen LogP contribution in [0.3, 0.4) is 0 Å². The van der Waals surface area contributed by atoms with Gasteiger partial charge in [-0.15, -0.1) is 0 Å². The molecule has 0 aliphatic carbocycles. The lowest BCUT2D eigenvalue weighted by Gasteiger charge is -2.18. The third kappa shape index (κ3) is 30.3. The van der Waals surface area contributed by atoms with Gasteiger partial charge in [-0.05, 0) is 111 Å². The van der Waals surface area contributed by atoms with Gasteiger partial charge in [0.2, 0.25) is 0 Å². The van der Waals surface area contributed by atoms with Crippen LogP contribution in [0.1, 0.15) is 161 Å². The van der Waals surface area contributed by atoms with Gasteiger partial charge in [-0.1, -0.05) is 100.0 Å². The zero-order chi connectivity index (χ0) is 36.3. The maximum Gasteiger partial charge on any atom is 0.306 e. The fraction of sp³-hybridized carbons (Fsp3) is 0.744. The predicted octanol–water partition coefficient (Wildman–Crippen LogP) is 10.6. The average molecular weight is 700 g/mol.